The number of hydrogen-bond acceptors (Lipinski definition) is 3. The van der Waals surface area contributed by atoms with E-state index >= 15 is 0 Å². The van der Waals surface area contributed by atoms with E-state index in [9.17, 15) is 0 Å². The van der Waals surface area contributed by atoms with Crippen LogP contribution in [0.4, 0.5) is 5.69 Å². The molecule has 16 heavy (non-hydrogen) atoms. The molecule has 1 aromatic carbocycles. The Bertz CT molecular complexity index is 343. The number of hydrogen-bond donors (Lipinski definition) is 3. The van der Waals surface area contributed by atoms with Gasteiger partial charge in [0, 0.05) is 26.2 Å². The molecule has 1 aliphatic rings. The van der Waals surface area contributed by atoms with Crippen molar-refractivity contribution in [1.29, 1.82) is 0 Å². The summed E-state index contributed by atoms with van der Waals surface area (Å²) in [6.45, 7) is 3.89. The minimum atomic E-state index is 0.854. The Hall–Kier alpha value is -1.59. The highest BCUT2D eigenvalue weighted by Gasteiger charge is 2.18. The van der Waals surface area contributed by atoms with E-state index in [0.717, 1.165) is 37.8 Å². The Morgan fingerprint density at radius 1 is 1.25 bits per heavy atom. The molecule has 5 nitrogen and oxygen atoms in total. The smallest absolute Gasteiger partial charge is 0.317 e. The fourth-order valence-electron chi connectivity index (χ4n) is 1.80. The van der Waals surface area contributed by atoms with E-state index in [-0.39, 0.29) is 0 Å². The van der Waals surface area contributed by atoms with Crippen molar-refractivity contribution in [3.05, 3.63) is 30.3 Å². The van der Waals surface area contributed by atoms with Gasteiger partial charge in [-0.3, -0.25) is 0 Å². The van der Waals surface area contributed by atoms with Gasteiger partial charge in [0.05, 0.1) is 0 Å². The molecule has 0 saturated carbocycles. The van der Waals surface area contributed by atoms with Gasteiger partial charge < -0.3 is 16.1 Å². The van der Waals surface area contributed by atoms with Crippen LogP contribution in [0.15, 0.2) is 35.4 Å². The number of nitrogens with two attached hydrogens (primary N) is 2. The van der Waals surface area contributed by atoms with Crippen LogP contribution in [0.3, 0.4) is 0 Å². The second-order valence-corrected chi connectivity index (χ2v) is 3.78. The molecule has 1 fully saturated rings. The second-order valence-electron chi connectivity index (χ2n) is 3.78. The Morgan fingerprint density at radius 2 is 1.94 bits per heavy atom. The number of para-hydroxylation sites is 1. The molecule has 0 bridgehead atoms. The van der Waals surface area contributed by atoms with Gasteiger partial charge in [0.1, 0.15) is 5.69 Å². The summed E-state index contributed by atoms with van der Waals surface area (Å²) in [5.41, 5.74) is 1.13. The number of quaternary nitrogens is 1. The molecule has 0 aliphatic carbocycles. The van der Waals surface area contributed by atoms with Crippen molar-refractivity contribution in [3.8, 4) is 0 Å². The van der Waals surface area contributed by atoms with Gasteiger partial charge in [-0.05, 0) is 12.1 Å². The highest BCUT2D eigenvalue weighted by atomic mass is 15.4. The maximum absolute atomic E-state index is 5.45. The normalized spacial score (nSPS) is 17.5. The van der Waals surface area contributed by atoms with E-state index in [1.54, 1.807) is 0 Å². The lowest BCUT2D eigenvalue weighted by molar-refractivity contribution is -0.456. The monoisotopic (exact) mass is 220 g/mol. The third kappa shape index (κ3) is 2.71. The van der Waals surface area contributed by atoms with E-state index in [1.165, 1.54) is 0 Å². The average molecular weight is 220 g/mol. The van der Waals surface area contributed by atoms with Crippen molar-refractivity contribution in [2.45, 2.75) is 0 Å². The Labute approximate surface area is 95.3 Å². The molecular formula is C11H18N5+. The molecule has 2 rings (SSSR count). The molecule has 1 heterocycles. The van der Waals surface area contributed by atoms with Crippen LogP contribution in [0.2, 0.25) is 0 Å². The van der Waals surface area contributed by atoms with Crippen LogP contribution >= 0.6 is 0 Å². The molecular weight excluding hydrogens is 202 g/mol. The molecule has 1 aromatic rings. The van der Waals surface area contributed by atoms with Gasteiger partial charge in [-0.15, -0.1) is 5.10 Å². The molecule has 0 aromatic heterocycles. The van der Waals surface area contributed by atoms with Gasteiger partial charge in [0.25, 0.3) is 0 Å². The van der Waals surface area contributed by atoms with Crippen LogP contribution in [0.25, 0.3) is 0 Å². The van der Waals surface area contributed by atoms with Crippen LogP contribution in [0.5, 0.6) is 0 Å². The third-order valence-electron chi connectivity index (χ3n) is 2.67. The van der Waals surface area contributed by atoms with Crippen molar-refractivity contribution >= 4 is 11.6 Å². The minimum absolute atomic E-state index is 0.854. The second kappa shape index (κ2) is 5.48. The number of nitrogens with zero attached hydrogens (tertiary/aromatic N) is 2. The van der Waals surface area contributed by atoms with E-state index in [2.05, 4.69) is 15.3 Å². The highest BCUT2D eigenvalue weighted by molar-refractivity contribution is 5.71. The van der Waals surface area contributed by atoms with Crippen LogP contribution in [-0.4, -0.2) is 37.0 Å². The summed E-state index contributed by atoms with van der Waals surface area (Å²) in [6.07, 6.45) is 0. The zero-order valence-corrected chi connectivity index (χ0v) is 9.26. The van der Waals surface area contributed by atoms with E-state index in [1.807, 2.05) is 35.6 Å². The largest absolute Gasteiger partial charge is 0.323 e. The molecule has 0 unspecified atom stereocenters. The lowest BCUT2D eigenvalue weighted by Gasteiger charge is -2.27. The van der Waals surface area contributed by atoms with Gasteiger partial charge in [-0.1, -0.05) is 18.2 Å². The maximum atomic E-state index is 5.45. The first-order valence-electron chi connectivity index (χ1n) is 5.53. The lowest BCUT2D eigenvalue weighted by Crippen LogP contribution is -2.87. The molecule has 0 radical (unpaired) electrons. The molecule has 1 aliphatic heterocycles. The first-order valence-corrected chi connectivity index (χ1v) is 5.53. The molecule has 0 atom stereocenters. The van der Waals surface area contributed by atoms with Gasteiger partial charge in [0.2, 0.25) is 0 Å². The van der Waals surface area contributed by atoms with Crippen LogP contribution in [-0.2, 0) is 0 Å². The third-order valence-corrected chi connectivity index (χ3v) is 2.67. The predicted octanol–water partition coefficient (Wildman–Crippen LogP) is -0.984. The number of hydrazone groups is 1. The number of piperazine rings is 1. The molecule has 5 heteroatoms. The number of rotatable bonds is 1. The fourth-order valence-corrected chi connectivity index (χ4v) is 1.80. The first kappa shape index (κ1) is 10.9. The minimum Gasteiger partial charge on any atom is -0.317 e. The quantitative estimate of drug-likeness (QED) is 0.187. The topological polar surface area (TPSA) is 70.3 Å². The summed E-state index contributed by atoms with van der Waals surface area (Å²) in [4.78, 5) is 2.20. The number of benzene rings is 1. The molecule has 0 amide bonds. The summed E-state index contributed by atoms with van der Waals surface area (Å²) in [5.74, 6) is 6.30. The van der Waals surface area contributed by atoms with Gasteiger partial charge in [0.15, 0.2) is 0 Å². The molecule has 5 N–H and O–H groups in total. The van der Waals surface area contributed by atoms with E-state index in [0.29, 0.717) is 0 Å². The summed E-state index contributed by atoms with van der Waals surface area (Å²) < 4.78 is 0. The number of guanidine groups is 1. The SMILES string of the molecule is N/N=C(\[NH2+]c1ccccc1)N1CCNCC1. The first-order chi connectivity index (χ1) is 7.90. The zero-order valence-electron chi connectivity index (χ0n) is 9.26. The average Bonchev–Trinajstić information content (AvgIpc) is 2.38. The zero-order chi connectivity index (χ0) is 11.2. The summed E-state index contributed by atoms with van der Waals surface area (Å²) >= 11 is 0. The number of nitrogens with one attached hydrogen (secondary N) is 1. The van der Waals surface area contributed by atoms with E-state index < -0.39 is 0 Å². The Kier molecular flexibility index (Phi) is 3.74. The van der Waals surface area contributed by atoms with Gasteiger partial charge in [-0.25, -0.2) is 5.32 Å². The van der Waals surface area contributed by atoms with E-state index in [4.69, 9.17) is 5.84 Å². The van der Waals surface area contributed by atoms with Crippen LogP contribution in [0, 0.1) is 0 Å². The molecule has 0 spiro atoms. The standard InChI is InChI=1S/C11H17N5/c12-15-11(16-8-6-13-7-9-16)14-10-4-2-1-3-5-10/h1-5,13H,6-9,12H2,(H,14,15)/p+1. The van der Waals surface area contributed by atoms with Crippen molar-refractivity contribution in [2.24, 2.45) is 10.9 Å². The maximum Gasteiger partial charge on any atom is 0.323 e. The van der Waals surface area contributed by atoms with Crippen LogP contribution in [0.1, 0.15) is 0 Å². The predicted molar refractivity (Wildman–Crippen MR) is 64.1 cm³/mol. The Balaban J connectivity index is 2.00. The van der Waals surface area contributed by atoms with Crippen molar-refractivity contribution < 1.29 is 5.32 Å². The molecule has 1 saturated heterocycles. The Morgan fingerprint density at radius 3 is 2.56 bits per heavy atom. The summed E-state index contributed by atoms with van der Waals surface area (Å²) in [6, 6.07) is 10.1. The highest BCUT2D eigenvalue weighted by Crippen LogP contribution is 1.97. The van der Waals surface area contributed by atoms with Crippen molar-refractivity contribution in [1.82, 2.24) is 10.2 Å². The fraction of sp³-hybridized carbons (Fsp3) is 0.364. The van der Waals surface area contributed by atoms with Gasteiger partial charge in [-0.2, -0.15) is 0 Å². The summed E-state index contributed by atoms with van der Waals surface area (Å²) in [5, 5.41) is 9.19. The van der Waals surface area contributed by atoms with Crippen molar-refractivity contribution in [3.63, 3.8) is 0 Å². The summed E-state index contributed by atoms with van der Waals surface area (Å²) in [7, 11) is 0. The molecule has 86 valence electrons. The van der Waals surface area contributed by atoms with Crippen LogP contribution < -0.4 is 16.5 Å². The lowest BCUT2D eigenvalue weighted by atomic mass is 10.3. The van der Waals surface area contributed by atoms with Gasteiger partial charge >= 0.3 is 5.96 Å². The van der Waals surface area contributed by atoms with Crippen molar-refractivity contribution in [2.75, 3.05) is 26.2 Å².